The number of aromatic amines is 1. The van der Waals surface area contributed by atoms with Crippen LogP contribution in [0.25, 0.3) is 11.2 Å². The van der Waals surface area contributed by atoms with Crippen LogP contribution >= 0.6 is 0 Å². The van der Waals surface area contributed by atoms with E-state index in [1.165, 1.54) is 18.0 Å². The number of para-hydroxylation sites is 1. The maximum absolute atomic E-state index is 14.7. The van der Waals surface area contributed by atoms with Gasteiger partial charge < -0.3 is 39.3 Å². The summed E-state index contributed by atoms with van der Waals surface area (Å²) in [5.74, 6) is 1.01. The molecule has 14 heteroatoms. The third-order valence-corrected chi connectivity index (χ3v) is 9.46. The number of hydrogen-bond donors (Lipinski definition) is 3. The van der Waals surface area contributed by atoms with Crippen LogP contribution in [0.4, 0.5) is 5.95 Å². The zero-order valence-electron chi connectivity index (χ0n) is 29.7. The molecule has 0 amide bonds. The van der Waals surface area contributed by atoms with Crippen molar-refractivity contribution in [3.8, 4) is 17.2 Å². The van der Waals surface area contributed by atoms with E-state index in [1.807, 2.05) is 60.7 Å². The highest BCUT2D eigenvalue weighted by Crippen LogP contribution is 2.45. The molecule has 4 N–H and O–H groups in total. The second-order valence-corrected chi connectivity index (χ2v) is 12.6. The molecule has 0 spiro atoms. The topological polar surface area (TPSA) is 182 Å². The van der Waals surface area contributed by atoms with Gasteiger partial charge in [0.2, 0.25) is 11.7 Å². The van der Waals surface area contributed by atoms with Gasteiger partial charge in [0, 0.05) is 7.11 Å². The van der Waals surface area contributed by atoms with Crippen molar-refractivity contribution in [2.24, 2.45) is 0 Å². The molecule has 5 atom stereocenters. The molecule has 0 radical (unpaired) electrons. The highest BCUT2D eigenvalue weighted by Gasteiger charge is 2.54. The minimum atomic E-state index is -1.49. The van der Waals surface area contributed by atoms with Gasteiger partial charge in [0.1, 0.15) is 47.8 Å². The molecule has 6 aromatic rings. The number of aliphatic hydroxyl groups is 1. The predicted molar refractivity (Wildman–Crippen MR) is 197 cm³/mol. The molecule has 0 bridgehead atoms. The quantitative estimate of drug-likeness (QED) is 0.137. The smallest absolute Gasteiger partial charge is 0.280 e. The summed E-state index contributed by atoms with van der Waals surface area (Å²) in [6.07, 6.45) is -5.12. The van der Waals surface area contributed by atoms with Crippen LogP contribution < -0.4 is 25.5 Å². The Morgan fingerprint density at radius 2 is 1.44 bits per heavy atom. The molecule has 1 fully saturated rings. The number of nitrogens with zero attached hydrogens (tertiary/aromatic N) is 3. The van der Waals surface area contributed by atoms with Crippen molar-refractivity contribution in [3.63, 3.8) is 0 Å². The third kappa shape index (κ3) is 6.78. The zero-order chi connectivity index (χ0) is 37.8. The number of Topliss-reactive ketones (excluding diaryl/α,β-unsaturated/α-hetero) is 1. The summed E-state index contributed by atoms with van der Waals surface area (Å²) < 4.78 is 38.0. The maximum Gasteiger partial charge on any atom is 0.280 e. The van der Waals surface area contributed by atoms with E-state index in [-0.39, 0.29) is 17.1 Å². The van der Waals surface area contributed by atoms with Crippen molar-refractivity contribution >= 4 is 22.9 Å². The van der Waals surface area contributed by atoms with Gasteiger partial charge in [-0.05, 0) is 53.1 Å². The van der Waals surface area contributed by atoms with Gasteiger partial charge in [-0.2, -0.15) is 4.98 Å². The minimum absolute atomic E-state index is 0.00263. The van der Waals surface area contributed by atoms with Crippen molar-refractivity contribution < 1.29 is 38.3 Å². The number of hydrogen-bond acceptors (Lipinski definition) is 12. The van der Waals surface area contributed by atoms with Gasteiger partial charge in [0.25, 0.3) is 5.56 Å². The van der Waals surface area contributed by atoms with Crippen LogP contribution in [-0.2, 0) is 24.6 Å². The number of methoxy groups -OCH3 is 3. The molecule has 1 saturated heterocycles. The first-order valence-electron chi connectivity index (χ1n) is 17.1. The van der Waals surface area contributed by atoms with Gasteiger partial charge in [-0.1, -0.05) is 72.8 Å². The first-order chi connectivity index (χ1) is 26.3. The highest BCUT2D eigenvalue weighted by molar-refractivity contribution is 5.85. The number of aliphatic hydroxyl groups excluding tert-OH is 1. The number of ketones is 1. The van der Waals surface area contributed by atoms with Gasteiger partial charge in [0.05, 0.1) is 20.5 Å². The SMILES string of the molecule is COc1ccc(C(OC(C(=O)COc2ccccc2)[C@H]2O[C@@H](n3cnc4c(=O)[nH]c(N)nc43)[C@H](OC)[C@@H]2O)(c2ccccc2)c2ccc(OC)cc2)cc1. The Balaban J connectivity index is 1.39. The number of nitrogens with one attached hydrogen (secondary N) is 1. The van der Waals surface area contributed by atoms with Gasteiger partial charge in [0.15, 0.2) is 23.5 Å². The Labute approximate surface area is 310 Å². The van der Waals surface area contributed by atoms with Crippen molar-refractivity contribution in [2.45, 2.75) is 36.2 Å². The van der Waals surface area contributed by atoms with Crippen LogP contribution in [0.1, 0.15) is 22.9 Å². The zero-order valence-corrected chi connectivity index (χ0v) is 29.7. The standard InChI is InChI=1S/C40H39N5O9/c1-49-27-18-14-25(15-19-27)40(24-10-6-4-7-11-24,26-16-20-28(50-2)21-17-26)54-33(30(46)22-52-29-12-8-5-9-13-29)34-32(47)35(51-3)38(53-34)45-23-42-31-36(45)43-39(41)44-37(31)48/h4-21,23,32-35,38,47H,22H2,1-3H3,(H3,41,43,44,48)/t32-,33?,34+,35-,38-/m1/s1. The average Bonchev–Trinajstić information content (AvgIpc) is 3.78. The Morgan fingerprint density at radius 3 is 2.02 bits per heavy atom. The monoisotopic (exact) mass is 733 g/mol. The Hall–Kier alpha value is -6.06. The summed E-state index contributed by atoms with van der Waals surface area (Å²) in [6.45, 7) is -0.429. The third-order valence-electron chi connectivity index (χ3n) is 9.46. The fourth-order valence-electron chi connectivity index (χ4n) is 6.82. The number of rotatable bonds is 14. The molecule has 14 nitrogen and oxygen atoms in total. The summed E-state index contributed by atoms with van der Waals surface area (Å²) >= 11 is 0. The number of anilines is 1. The minimum Gasteiger partial charge on any atom is -0.497 e. The summed E-state index contributed by atoms with van der Waals surface area (Å²) in [4.78, 5) is 38.3. The fraction of sp³-hybridized carbons (Fsp3) is 0.250. The van der Waals surface area contributed by atoms with E-state index in [0.29, 0.717) is 33.9 Å². The molecule has 4 aromatic carbocycles. The van der Waals surface area contributed by atoms with Gasteiger partial charge in [-0.3, -0.25) is 19.1 Å². The summed E-state index contributed by atoms with van der Waals surface area (Å²) in [6, 6.07) is 32.9. The number of nitrogens with two attached hydrogens (primary N) is 1. The fourth-order valence-corrected chi connectivity index (χ4v) is 6.82. The van der Waals surface area contributed by atoms with E-state index < -0.39 is 54.2 Å². The molecular weight excluding hydrogens is 694 g/mol. The molecule has 278 valence electrons. The molecule has 0 saturated carbocycles. The lowest BCUT2D eigenvalue weighted by Crippen LogP contribution is -2.51. The summed E-state index contributed by atoms with van der Waals surface area (Å²) in [5, 5.41) is 12.0. The Bertz CT molecular complexity index is 2200. The first kappa shape index (κ1) is 36.3. The van der Waals surface area contributed by atoms with E-state index in [9.17, 15) is 14.7 Å². The van der Waals surface area contributed by atoms with E-state index in [4.69, 9.17) is 34.2 Å². The molecule has 1 unspecified atom stereocenters. The second-order valence-electron chi connectivity index (χ2n) is 12.6. The van der Waals surface area contributed by atoms with Crippen LogP contribution in [0.3, 0.4) is 0 Å². The van der Waals surface area contributed by atoms with Crippen molar-refractivity contribution in [1.82, 2.24) is 19.5 Å². The molecule has 0 aliphatic carbocycles. The van der Waals surface area contributed by atoms with Crippen molar-refractivity contribution in [2.75, 3.05) is 33.7 Å². The predicted octanol–water partition coefficient (Wildman–Crippen LogP) is 4.02. The van der Waals surface area contributed by atoms with E-state index in [0.717, 1.165) is 0 Å². The number of benzene rings is 4. The highest BCUT2D eigenvalue weighted by atomic mass is 16.6. The first-order valence-corrected chi connectivity index (χ1v) is 17.1. The molecular formula is C40H39N5O9. The van der Waals surface area contributed by atoms with Crippen LogP contribution in [0, 0.1) is 0 Å². The molecule has 3 heterocycles. The van der Waals surface area contributed by atoms with Gasteiger partial charge in [-0.25, -0.2) is 4.98 Å². The molecule has 7 rings (SSSR count). The molecule has 2 aromatic heterocycles. The number of carbonyl (C=O) groups is 1. The van der Waals surface area contributed by atoms with Crippen LogP contribution in [0.15, 0.2) is 120 Å². The number of carbonyl (C=O) groups excluding carboxylic acids is 1. The number of ether oxygens (including phenoxy) is 6. The van der Waals surface area contributed by atoms with E-state index in [2.05, 4.69) is 15.0 Å². The van der Waals surface area contributed by atoms with Crippen molar-refractivity contribution in [3.05, 3.63) is 143 Å². The van der Waals surface area contributed by atoms with Gasteiger partial charge in [-0.15, -0.1) is 0 Å². The van der Waals surface area contributed by atoms with E-state index >= 15 is 0 Å². The Morgan fingerprint density at radius 1 is 0.870 bits per heavy atom. The summed E-state index contributed by atoms with van der Waals surface area (Å²) in [7, 11) is 4.55. The lowest BCUT2D eigenvalue weighted by atomic mass is 9.79. The maximum atomic E-state index is 14.7. The number of imidazole rings is 1. The van der Waals surface area contributed by atoms with Gasteiger partial charge >= 0.3 is 0 Å². The lowest BCUT2D eigenvalue weighted by molar-refractivity contribution is -0.167. The normalized spacial score (nSPS) is 19.0. The molecule has 1 aliphatic rings. The van der Waals surface area contributed by atoms with Crippen LogP contribution in [0.5, 0.6) is 17.2 Å². The number of aromatic nitrogens is 4. The number of fused-ring (bicyclic) bond motifs is 1. The second kappa shape index (κ2) is 15.5. The van der Waals surface area contributed by atoms with Crippen LogP contribution in [-0.4, -0.2) is 82.8 Å². The van der Waals surface area contributed by atoms with E-state index in [1.54, 1.807) is 62.8 Å². The van der Waals surface area contributed by atoms with Crippen molar-refractivity contribution in [1.29, 1.82) is 0 Å². The number of nitrogen functional groups attached to an aromatic ring is 1. The van der Waals surface area contributed by atoms with Crippen LogP contribution in [0.2, 0.25) is 0 Å². The summed E-state index contributed by atoms with van der Waals surface area (Å²) in [5.41, 5.74) is 5.92. The molecule has 1 aliphatic heterocycles. The average molecular weight is 734 g/mol. The molecule has 54 heavy (non-hydrogen) atoms. The largest absolute Gasteiger partial charge is 0.497 e. The Kier molecular flexibility index (Phi) is 10.4. The number of H-pyrrole nitrogens is 1. The lowest BCUT2D eigenvalue weighted by Gasteiger charge is -2.40.